The third kappa shape index (κ3) is 3.98. The largest absolute Gasteiger partial charge is 0.331 e. The first-order valence-corrected chi connectivity index (χ1v) is 9.57. The van der Waals surface area contributed by atoms with Crippen LogP contribution in [-0.2, 0) is 11.2 Å². The summed E-state index contributed by atoms with van der Waals surface area (Å²) in [4.78, 5) is 24.1. The van der Waals surface area contributed by atoms with Gasteiger partial charge in [0.25, 0.3) is 0 Å². The van der Waals surface area contributed by atoms with Crippen molar-refractivity contribution >= 4 is 34.1 Å². The lowest BCUT2D eigenvalue weighted by molar-refractivity contribution is -0.116. The lowest BCUT2D eigenvalue weighted by atomic mass is 10.0. The van der Waals surface area contributed by atoms with E-state index in [1.165, 1.54) is 5.39 Å². The van der Waals surface area contributed by atoms with Gasteiger partial charge in [0, 0.05) is 17.8 Å². The van der Waals surface area contributed by atoms with E-state index in [-0.39, 0.29) is 18.0 Å². The number of hydrogen-bond donors (Lipinski definition) is 3. The summed E-state index contributed by atoms with van der Waals surface area (Å²) in [5, 5.41) is 11.1. The molecule has 0 unspecified atom stereocenters. The number of anilines is 2. The van der Waals surface area contributed by atoms with E-state index in [2.05, 4.69) is 40.2 Å². The summed E-state index contributed by atoms with van der Waals surface area (Å²) in [7, 11) is 0. The SMILES string of the molecule is C[C@H](NC(=O)Nc1ccc2c(c1)CCCC(=O)N2)c1ccc2ccccc2c1. The van der Waals surface area contributed by atoms with E-state index in [0.717, 1.165) is 40.7 Å². The first kappa shape index (κ1) is 18.0. The topological polar surface area (TPSA) is 70.2 Å². The molecule has 0 aliphatic carbocycles. The molecule has 0 fully saturated rings. The number of aryl methyl sites for hydroxylation is 1. The number of carbonyl (C=O) groups is 2. The molecule has 0 saturated carbocycles. The molecule has 0 saturated heterocycles. The fourth-order valence-electron chi connectivity index (χ4n) is 3.58. The quantitative estimate of drug-likeness (QED) is 0.605. The van der Waals surface area contributed by atoms with Gasteiger partial charge in [0.15, 0.2) is 0 Å². The van der Waals surface area contributed by atoms with Crippen molar-refractivity contribution in [1.82, 2.24) is 5.32 Å². The van der Waals surface area contributed by atoms with Crippen molar-refractivity contribution in [3.8, 4) is 0 Å². The van der Waals surface area contributed by atoms with Crippen LogP contribution in [0.15, 0.2) is 60.7 Å². The molecule has 0 bridgehead atoms. The maximum Gasteiger partial charge on any atom is 0.319 e. The minimum absolute atomic E-state index is 0.0430. The highest BCUT2D eigenvalue weighted by Gasteiger charge is 2.14. The van der Waals surface area contributed by atoms with Gasteiger partial charge in [0.2, 0.25) is 5.91 Å². The van der Waals surface area contributed by atoms with Crippen molar-refractivity contribution in [2.45, 2.75) is 32.2 Å². The molecule has 1 heterocycles. The zero-order valence-electron chi connectivity index (χ0n) is 15.8. The lowest BCUT2D eigenvalue weighted by Gasteiger charge is -2.16. The van der Waals surface area contributed by atoms with E-state index >= 15 is 0 Å². The molecule has 3 aromatic carbocycles. The predicted octanol–water partition coefficient (Wildman–Crippen LogP) is 5.00. The predicted molar refractivity (Wildman–Crippen MR) is 113 cm³/mol. The Balaban J connectivity index is 1.43. The summed E-state index contributed by atoms with van der Waals surface area (Å²) < 4.78 is 0. The number of hydrogen-bond acceptors (Lipinski definition) is 2. The van der Waals surface area contributed by atoms with Crippen LogP contribution in [0.3, 0.4) is 0 Å². The number of urea groups is 1. The zero-order valence-corrected chi connectivity index (χ0v) is 15.8. The molecule has 5 heteroatoms. The Morgan fingerprint density at radius 2 is 1.82 bits per heavy atom. The highest BCUT2D eigenvalue weighted by atomic mass is 16.2. The van der Waals surface area contributed by atoms with Gasteiger partial charge in [-0.2, -0.15) is 0 Å². The number of carbonyl (C=O) groups excluding carboxylic acids is 2. The van der Waals surface area contributed by atoms with Crippen LogP contribution in [0.5, 0.6) is 0 Å². The third-order valence-corrected chi connectivity index (χ3v) is 5.11. The molecule has 1 atom stereocenters. The van der Waals surface area contributed by atoms with Crippen molar-refractivity contribution in [2.24, 2.45) is 0 Å². The van der Waals surface area contributed by atoms with Crippen LogP contribution in [0.25, 0.3) is 10.8 Å². The molecule has 0 radical (unpaired) electrons. The van der Waals surface area contributed by atoms with E-state index in [1.807, 2.05) is 43.3 Å². The molecule has 3 aromatic rings. The molecule has 1 aliphatic heterocycles. The van der Waals surface area contributed by atoms with Gasteiger partial charge in [0.1, 0.15) is 0 Å². The molecular formula is C23H23N3O2. The Morgan fingerprint density at radius 1 is 1.00 bits per heavy atom. The number of rotatable bonds is 3. The standard InChI is InChI=1S/C23H23N3O2/c1-15(17-10-9-16-5-2-3-6-18(16)13-17)24-23(28)25-20-11-12-21-19(14-20)7-4-8-22(27)26-21/h2-3,5-6,9-15H,4,7-8H2,1H3,(H,26,27)(H2,24,25,28)/t15-/m0/s1. The summed E-state index contributed by atoms with van der Waals surface area (Å²) in [5.74, 6) is 0.0430. The normalized spacial score (nSPS) is 14.5. The van der Waals surface area contributed by atoms with E-state index in [1.54, 1.807) is 0 Å². The van der Waals surface area contributed by atoms with Crippen molar-refractivity contribution < 1.29 is 9.59 Å². The summed E-state index contributed by atoms with van der Waals surface area (Å²) in [6.45, 7) is 1.97. The van der Waals surface area contributed by atoms with Crippen molar-refractivity contribution in [3.05, 3.63) is 71.8 Å². The molecule has 3 N–H and O–H groups in total. The van der Waals surface area contributed by atoms with Crippen molar-refractivity contribution in [1.29, 1.82) is 0 Å². The van der Waals surface area contributed by atoms with Gasteiger partial charge in [0.05, 0.1) is 6.04 Å². The number of fused-ring (bicyclic) bond motifs is 2. The lowest BCUT2D eigenvalue weighted by Crippen LogP contribution is -2.31. The van der Waals surface area contributed by atoms with Gasteiger partial charge in [-0.15, -0.1) is 0 Å². The monoisotopic (exact) mass is 373 g/mol. The van der Waals surface area contributed by atoms with Crippen LogP contribution in [0.1, 0.15) is 36.9 Å². The fourth-order valence-corrected chi connectivity index (χ4v) is 3.58. The molecule has 3 amide bonds. The highest BCUT2D eigenvalue weighted by molar-refractivity contribution is 5.94. The van der Waals surface area contributed by atoms with Crippen LogP contribution >= 0.6 is 0 Å². The molecule has 5 nitrogen and oxygen atoms in total. The van der Waals surface area contributed by atoms with Gasteiger partial charge in [-0.25, -0.2) is 4.79 Å². The number of amides is 3. The van der Waals surface area contributed by atoms with Crippen LogP contribution in [-0.4, -0.2) is 11.9 Å². The maximum absolute atomic E-state index is 12.5. The van der Waals surface area contributed by atoms with Gasteiger partial charge < -0.3 is 16.0 Å². The first-order valence-electron chi connectivity index (χ1n) is 9.57. The second kappa shape index (κ2) is 7.72. The Kier molecular flexibility index (Phi) is 4.98. The summed E-state index contributed by atoms with van der Waals surface area (Å²) in [6, 6.07) is 19.6. The Hall–Kier alpha value is -3.34. The second-order valence-electron chi connectivity index (χ2n) is 7.20. The number of benzene rings is 3. The van der Waals surface area contributed by atoms with Crippen molar-refractivity contribution in [3.63, 3.8) is 0 Å². The minimum atomic E-state index is -0.252. The molecule has 4 rings (SSSR count). The molecule has 28 heavy (non-hydrogen) atoms. The van der Waals surface area contributed by atoms with Gasteiger partial charge >= 0.3 is 6.03 Å². The first-order chi connectivity index (χ1) is 13.6. The maximum atomic E-state index is 12.5. The minimum Gasteiger partial charge on any atom is -0.331 e. The molecule has 142 valence electrons. The fraction of sp³-hybridized carbons (Fsp3) is 0.217. The van der Waals surface area contributed by atoms with E-state index in [9.17, 15) is 9.59 Å². The summed E-state index contributed by atoms with van der Waals surface area (Å²) >= 11 is 0. The van der Waals surface area contributed by atoms with Gasteiger partial charge in [-0.05, 0) is 65.9 Å². The smallest absolute Gasteiger partial charge is 0.319 e. The highest BCUT2D eigenvalue weighted by Crippen LogP contribution is 2.25. The second-order valence-corrected chi connectivity index (χ2v) is 7.20. The number of nitrogens with one attached hydrogen (secondary N) is 3. The van der Waals surface area contributed by atoms with Crippen LogP contribution in [0, 0.1) is 0 Å². The summed E-state index contributed by atoms with van der Waals surface area (Å²) in [5.41, 5.74) is 3.65. The van der Waals surface area contributed by atoms with Gasteiger partial charge in [-0.1, -0.05) is 36.4 Å². The van der Waals surface area contributed by atoms with E-state index < -0.39 is 0 Å². The molecule has 1 aliphatic rings. The summed E-state index contributed by atoms with van der Waals surface area (Å²) in [6.07, 6.45) is 2.16. The molecule has 0 aromatic heterocycles. The Morgan fingerprint density at radius 3 is 2.68 bits per heavy atom. The molecule has 0 spiro atoms. The van der Waals surface area contributed by atoms with Gasteiger partial charge in [-0.3, -0.25) is 4.79 Å². The van der Waals surface area contributed by atoms with Crippen LogP contribution < -0.4 is 16.0 Å². The van der Waals surface area contributed by atoms with E-state index in [0.29, 0.717) is 6.42 Å². The third-order valence-electron chi connectivity index (χ3n) is 5.11. The average molecular weight is 373 g/mol. The van der Waals surface area contributed by atoms with Crippen LogP contribution in [0.2, 0.25) is 0 Å². The Labute approximate surface area is 164 Å². The van der Waals surface area contributed by atoms with E-state index in [4.69, 9.17) is 0 Å². The van der Waals surface area contributed by atoms with Crippen LogP contribution in [0.4, 0.5) is 16.2 Å². The Bertz CT molecular complexity index is 1040. The zero-order chi connectivity index (χ0) is 19.5. The van der Waals surface area contributed by atoms with Crippen molar-refractivity contribution in [2.75, 3.05) is 10.6 Å². The molecular weight excluding hydrogens is 350 g/mol. The average Bonchev–Trinajstić information content (AvgIpc) is 2.87.